The lowest BCUT2D eigenvalue weighted by atomic mass is 10.1. The molecule has 0 radical (unpaired) electrons. The van der Waals surface area contributed by atoms with E-state index < -0.39 is 0 Å². The second-order valence-electron chi connectivity index (χ2n) is 6.36. The third kappa shape index (κ3) is 4.91. The van der Waals surface area contributed by atoms with E-state index in [1.54, 1.807) is 11.0 Å². The molecule has 0 saturated carbocycles. The Morgan fingerprint density at radius 3 is 2.77 bits per heavy atom. The number of rotatable bonds is 5. The van der Waals surface area contributed by atoms with Crippen LogP contribution in [0, 0.1) is 19.7 Å². The van der Waals surface area contributed by atoms with Crippen LogP contribution in [0.3, 0.4) is 0 Å². The van der Waals surface area contributed by atoms with E-state index in [4.69, 9.17) is 9.47 Å². The van der Waals surface area contributed by atoms with Crippen LogP contribution in [0.25, 0.3) is 0 Å². The molecule has 1 aromatic carbocycles. The average Bonchev–Trinajstić information content (AvgIpc) is 2.60. The largest absolute Gasteiger partial charge is 0.484 e. The number of carbonyl (C=O) groups is 1. The van der Waals surface area contributed by atoms with Gasteiger partial charge in [0.1, 0.15) is 23.5 Å². The van der Waals surface area contributed by atoms with Crippen molar-refractivity contribution < 1.29 is 18.7 Å². The highest BCUT2D eigenvalue weighted by atomic mass is 19.1. The first-order valence-corrected chi connectivity index (χ1v) is 8.64. The Labute approximate surface area is 152 Å². The predicted molar refractivity (Wildman–Crippen MR) is 93.6 cm³/mol. The topological polar surface area (TPSA) is 64.5 Å². The SMILES string of the molecule is Cc1cc(OC2CCCN(C(=O)COc3ccc(F)cc3)C2)nc(C)n1. The molecule has 1 aromatic heterocycles. The van der Waals surface area contributed by atoms with Gasteiger partial charge in [-0.3, -0.25) is 4.79 Å². The Morgan fingerprint density at radius 2 is 2.04 bits per heavy atom. The number of amides is 1. The van der Waals surface area contributed by atoms with Crippen molar-refractivity contribution in [2.24, 2.45) is 0 Å². The molecule has 0 N–H and O–H groups in total. The quantitative estimate of drug-likeness (QED) is 0.821. The first-order valence-electron chi connectivity index (χ1n) is 8.64. The molecule has 1 atom stereocenters. The van der Waals surface area contributed by atoms with Gasteiger partial charge < -0.3 is 14.4 Å². The number of piperidine rings is 1. The summed E-state index contributed by atoms with van der Waals surface area (Å²) in [6.07, 6.45) is 1.62. The Morgan fingerprint density at radius 1 is 1.27 bits per heavy atom. The molecule has 0 aliphatic carbocycles. The van der Waals surface area contributed by atoms with Gasteiger partial charge in [-0.15, -0.1) is 0 Å². The summed E-state index contributed by atoms with van der Waals surface area (Å²) in [6, 6.07) is 7.41. The normalized spacial score (nSPS) is 17.0. The summed E-state index contributed by atoms with van der Waals surface area (Å²) in [7, 11) is 0. The number of likely N-dealkylation sites (tertiary alicyclic amines) is 1. The summed E-state index contributed by atoms with van der Waals surface area (Å²) in [5.41, 5.74) is 0.851. The zero-order chi connectivity index (χ0) is 18.5. The van der Waals surface area contributed by atoms with Crippen molar-refractivity contribution in [1.82, 2.24) is 14.9 Å². The van der Waals surface area contributed by atoms with E-state index in [0.717, 1.165) is 18.5 Å². The van der Waals surface area contributed by atoms with Gasteiger partial charge in [0.05, 0.1) is 6.54 Å². The molecule has 1 aliphatic heterocycles. The second kappa shape index (κ2) is 8.12. The van der Waals surface area contributed by atoms with E-state index in [9.17, 15) is 9.18 Å². The van der Waals surface area contributed by atoms with E-state index in [0.29, 0.717) is 30.5 Å². The van der Waals surface area contributed by atoms with E-state index in [-0.39, 0.29) is 24.4 Å². The van der Waals surface area contributed by atoms with Crippen molar-refractivity contribution in [2.45, 2.75) is 32.8 Å². The molecule has 138 valence electrons. The number of benzene rings is 1. The Balaban J connectivity index is 1.53. The zero-order valence-corrected chi connectivity index (χ0v) is 14.9. The smallest absolute Gasteiger partial charge is 0.260 e. The van der Waals surface area contributed by atoms with Crippen molar-refractivity contribution in [3.8, 4) is 11.6 Å². The molecule has 6 nitrogen and oxygen atoms in total. The highest BCUT2D eigenvalue weighted by Gasteiger charge is 2.25. The molecule has 1 aliphatic rings. The van der Waals surface area contributed by atoms with Crippen molar-refractivity contribution in [3.05, 3.63) is 47.7 Å². The average molecular weight is 359 g/mol. The van der Waals surface area contributed by atoms with Crippen LogP contribution in [-0.2, 0) is 4.79 Å². The fourth-order valence-corrected chi connectivity index (χ4v) is 2.94. The molecular formula is C19H22FN3O3. The maximum absolute atomic E-state index is 12.9. The molecule has 2 heterocycles. The van der Waals surface area contributed by atoms with E-state index >= 15 is 0 Å². The van der Waals surface area contributed by atoms with E-state index in [2.05, 4.69) is 9.97 Å². The fraction of sp³-hybridized carbons (Fsp3) is 0.421. The molecule has 0 bridgehead atoms. The maximum Gasteiger partial charge on any atom is 0.260 e. The van der Waals surface area contributed by atoms with Crippen molar-refractivity contribution >= 4 is 5.91 Å². The molecule has 0 spiro atoms. The van der Waals surface area contributed by atoms with E-state index in [1.165, 1.54) is 24.3 Å². The monoisotopic (exact) mass is 359 g/mol. The third-order valence-electron chi connectivity index (χ3n) is 4.14. The van der Waals surface area contributed by atoms with Gasteiger partial charge in [-0.2, -0.15) is 4.98 Å². The summed E-state index contributed by atoms with van der Waals surface area (Å²) in [6.45, 7) is 4.81. The summed E-state index contributed by atoms with van der Waals surface area (Å²) < 4.78 is 24.3. The van der Waals surface area contributed by atoms with Crippen LogP contribution in [0.1, 0.15) is 24.4 Å². The zero-order valence-electron chi connectivity index (χ0n) is 14.9. The van der Waals surface area contributed by atoms with Crippen LogP contribution in [0.15, 0.2) is 30.3 Å². The van der Waals surface area contributed by atoms with Gasteiger partial charge in [0, 0.05) is 18.3 Å². The lowest BCUT2D eigenvalue weighted by Crippen LogP contribution is -2.46. The summed E-state index contributed by atoms with van der Waals surface area (Å²) in [5, 5.41) is 0. The van der Waals surface area contributed by atoms with Gasteiger partial charge in [-0.25, -0.2) is 9.37 Å². The van der Waals surface area contributed by atoms with Crippen molar-refractivity contribution in [1.29, 1.82) is 0 Å². The maximum atomic E-state index is 12.9. The van der Waals surface area contributed by atoms with Gasteiger partial charge in [0.15, 0.2) is 6.61 Å². The second-order valence-corrected chi connectivity index (χ2v) is 6.36. The molecule has 2 aromatic rings. The molecule has 26 heavy (non-hydrogen) atoms. The predicted octanol–water partition coefficient (Wildman–Crippen LogP) is 2.68. The van der Waals surface area contributed by atoms with Gasteiger partial charge >= 0.3 is 0 Å². The standard InChI is InChI=1S/C19H22FN3O3/c1-13-10-18(22-14(2)21-13)26-17-4-3-9-23(11-17)19(24)12-25-16-7-5-15(20)6-8-16/h5-8,10,17H,3-4,9,11-12H2,1-2H3. The van der Waals surface area contributed by atoms with Gasteiger partial charge in [-0.05, 0) is 51.0 Å². The molecule has 3 rings (SSSR count). The highest BCUT2D eigenvalue weighted by molar-refractivity contribution is 5.77. The minimum atomic E-state index is -0.338. The summed E-state index contributed by atoms with van der Waals surface area (Å²) in [5.74, 6) is 1.22. The number of nitrogens with zero attached hydrogens (tertiary/aromatic N) is 3. The summed E-state index contributed by atoms with van der Waals surface area (Å²) >= 11 is 0. The number of hydrogen-bond acceptors (Lipinski definition) is 5. The number of aryl methyl sites for hydroxylation is 2. The van der Waals surface area contributed by atoms with E-state index in [1.807, 2.05) is 13.8 Å². The minimum absolute atomic E-state index is 0.0793. The van der Waals surface area contributed by atoms with Crippen molar-refractivity contribution in [2.75, 3.05) is 19.7 Å². The first kappa shape index (κ1) is 18.1. The molecule has 1 fully saturated rings. The number of carbonyl (C=O) groups excluding carboxylic acids is 1. The van der Waals surface area contributed by atoms with Crippen LogP contribution in [0.2, 0.25) is 0 Å². The Kier molecular flexibility index (Phi) is 5.65. The van der Waals surface area contributed by atoms with Gasteiger partial charge in [-0.1, -0.05) is 0 Å². The fourth-order valence-electron chi connectivity index (χ4n) is 2.94. The Hall–Kier alpha value is -2.70. The number of hydrogen-bond donors (Lipinski definition) is 0. The molecule has 1 saturated heterocycles. The molecule has 1 unspecified atom stereocenters. The minimum Gasteiger partial charge on any atom is -0.484 e. The number of ether oxygens (including phenoxy) is 2. The highest BCUT2D eigenvalue weighted by Crippen LogP contribution is 2.18. The Bertz CT molecular complexity index is 747. The molecule has 7 heteroatoms. The first-order chi connectivity index (χ1) is 12.5. The van der Waals surface area contributed by atoms with Crippen LogP contribution >= 0.6 is 0 Å². The van der Waals surface area contributed by atoms with Gasteiger partial charge in [0.25, 0.3) is 5.91 Å². The number of aromatic nitrogens is 2. The van der Waals surface area contributed by atoms with Crippen LogP contribution in [0.4, 0.5) is 4.39 Å². The van der Waals surface area contributed by atoms with Crippen LogP contribution < -0.4 is 9.47 Å². The van der Waals surface area contributed by atoms with Crippen LogP contribution in [-0.4, -0.2) is 46.6 Å². The molecule has 1 amide bonds. The summed E-state index contributed by atoms with van der Waals surface area (Å²) in [4.78, 5) is 22.6. The lowest BCUT2D eigenvalue weighted by molar-refractivity contribution is -0.136. The third-order valence-corrected chi connectivity index (χ3v) is 4.14. The molecular weight excluding hydrogens is 337 g/mol. The van der Waals surface area contributed by atoms with Crippen LogP contribution in [0.5, 0.6) is 11.6 Å². The van der Waals surface area contributed by atoms with Crippen molar-refractivity contribution in [3.63, 3.8) is 0 Å². The lowest BCUT2D eigenvalue weighted by Gasteiger charge is -2.32. The number of halogens is 1. The van der Waals surface area contributed by atoms with Gasteiger partial charge in [0.2, 0.25) is 5.88 Å².